The van der Waals surface area contributed by atoms with Crippen LogP contribution in [0, 0.1) is 0 Å². The van der Waals surface area contributed by atoms with Crippen molar-refractivity contribution in [2.24, 2.45) is 0 Å². The number of hydrogen-bond acceptors (Lipinski definition) is 3. The van der Waals surface area contributed by atoms with E-state index in [1.54, 1.807) is 0 Å². The van der Waals surface area contributed by atoms with Gasteiger partial charge in [-0.3, -0.25) is 0 Å². The van der Waals surface area contributed by atoms with Gasteiger partial charge in [0.1, 0.15) is 5.82 Å². The Balaban J connectivity index is 1.90. The molecule has 1 aliphatic heterocycles. The molecule has 0 amide bonds. The number of aromatic nitrogens is 1. The van der Waals surface area contributed by atoms with Gasteiger partial charge in [0.25, 0.3) is 0 Å². The van der Waals surface area contributed by atoms with E-state index in [4.69, 9.17) is 0 Å². The standard InChI is InChI=1S/C18H23N3/c1-18(2,3)20-13-15-8-6-11-19-17(15)21-12-10-14-7-4-5-9-16(14)21/h4-9,11,20H,10,12-13H2,1-3H3. The maximum atomic E-state index is 4.65. The lowest BCUT2D eigenvalue weighted by atomic mass is 10.1. The summed E-state index contributed by atoms with van der Waals surface area (Å²) >= 11 is 0. The van der Waals surface area contributed by atoms with Crippen molar-refractivity contribution in [3.05, 3.63) is 53.7 Å². The molecule has 1 aliphatic rings. The van der Waals surface area contributed by atoms with Crippen LogP contribution >= 0.6 is 0 Å². The molecule has 3 nitrogen and oxygen atoms in total. The van der Waals surface area contributed by atoms with Crippen molar-refractivity contribution in [1.82, 2.24) is 10.3 Å². The highest BCUT2D eigenvalue weighted by Crippen LogP contribution is 2.34. The fourth-order valence-corrected chi connectivity index (χ4v) is 2.73. The molecule has 0 saturated heterocycles. The SMILES string of the molecule is CC(C)(C)NCc1cccnc1N1CCc2ccccc21. The second-order valence-corrected chi connectivity index (χ2v) is 6.62. The molecule has 2 heterocycles. The minimum atomic E-state index is 0.107. The van der Waals surface area contributed by atoms with Crippen molar-refractivity contribution in [2.45, 2.75) is 39.3 Å². The number of para-hydroxylation sites is 1. The third kappa shape index (κ3) is 3.08. The molecule has 3 heteroatoms. The van der Waals surface area contributed by atoms with Gasteiger partial charge in [-0.1, -0.05) is 24.3 Å². The fraction of sp³-hybridized carbons (Fsp3) is 0.389. The van der Waals surface area contributed by atoms with Crippen LogP contribution in [0.3, 0.4) is 0 Å². The molecule has 0 aliphatic carbocycles. The summed E-state index contributed by atoms with van der Waals surface area (Å²) in [6, 6.07) is 12.8. The summed E-state index contributed by atoms with van der Waals surface area (Å²) in [7, 11) is 0. The Morgan fingerprint density at radius 1 is 1.14 bits per heavy atom. The molecule has 0 saturated carbocycles. The first-order valence-corrected chi connectivity index (χ1v) is 7.59. The molecule has 0 atom stereocenters. The summed E-state index contributed by atoms with van der Waals surface area (Å²) in [4.78, 5) is 6.99. The summed E-state index contributed by atoms with van der Waals surface area (Å²) in [6.07, 6.45) is 2.98. The van der Waals surface area contributed by atoms with Crippen molar-refractivity contribution in [2.75, 3.05) is 11.4 Å². The highest BCUT2D eigenvalue weighted by Gasteiger charge is 2.23. The number of anilines is 2. The van der Waals surface area contributed by atoms with E-state index in [9.17, 15) is 0 Å². The summed E-state index contributed by atoms with van der Waals surface area (Å²) < 4.78 is 0. The zero-order valence-electron chi connectivity index (χ0n) is 13.1. The van der Waals surface area contributed by atoms with Crippen molar-refractivity contribution >= 4 is 11.5 Å². The van der Waals surface area contributed by atoms with Crippen LogP contribution < -0.4 is 10.2 Å². The summed E-state index contributed by atoms with van der Waals surface area (Å²) in [6.45, 7) is 8.42. The smallest absolute Gasteiger partial charge is 0.137 e. The van der Waals surface area contributed by atoms with E-state index in [0.717, 1.165) is 25.3 Å². The first-order chi connectivity index (χ1) is 10.0. The Morgan fingerprint density at radius 2 is 1.95 bits per heavy atom. The number of pyridine rings is 1. The van der Waals surface area contributed by atoms with E-state index >= 15 is 0 Å². The first kappa shape index (κ1) is 14.1. The van der Waals surface area contributed by atoms with Gasteiger partial charge in [-0.2, -0.15) is 0 Å². The van der Waals surface area contributed by atoms with Gasteiger partial charge in [0.15, 0.2) is 0 Å². The minimum Gasteiger partial charge on any atom is -0.326 e. The van der Waals surface area contributed by atoms with E-state index < -0.39 is 0 Å². The molecular weight excluding hydrogens is 258 g/mol. The van der Waals surface area contributed by atoms with E-state index in [1.807, 2.05) is 12.3 Å². The van der Waals surface area contributed by atoms with Crippen LogP contribution in [0.2, 0.25) is 0 Å². The van der Waals surface area contributed by atoms with E-state index in [-0.39, 0.29) is 5.54 Å². The zero-order valence-corrected chi connectivity index (χ0v) is 13.1. The van der Waals surface area contributed by atoms with Gasteiger partial charge in [0.05, 0.1) is 0 Å². The van der Waals surface area contributed by atoms with Gasteiger partial charge in [-0.05, 0) is 44.9 Å². The maximum Gasteiger partial charge on any atom is 0.137 e. The molecule has 0 spiro atoms. The Labute approximate surface area is 127 Å². The third-order valence-electron chi connectivity index (χ3n) is 3.82. The molecule has 110 valence electrons. The number of benzene rings is 1. The Kier molecular flexibility index (Phi) is 3.68. The average molecular weight is 281 g/mol. The predicted octanol–water partition coefficient (Wildman–Crippen LogP) is 3.66. The number of rotatable bonds is 3. The summed E-state index contributed by atoms with van der Waals surface area (Å²) in [5.74, 6) is 1.08. The van der Waals surface area contributed by atoms with Gasteiger partial charge in [-0.15, -0.1) is 0 Å². The van der Waals surface area contributed by atoms with Crippen LogP contribution in [0.1, 0.15) is 31.9 Å². The number of nitrogens with one attached hydrogen (secondary N) is 1. The van der Waals surface area contributed by atoms with Gasteiger partial charge >= 0.3 is 0 Å². The Bertz CT molecular complexity index is 628. The number of hydrogen-bond donors (Lipinski definition) is 1. The van der Waals surface area contributed by atoms with Gasteiger partial charge in [0, 0.05) is 36.1 Å². The molecule has 1 aromatic carbocycles. The maximum absolute atomic E-state index is 4.65. The molecule has 1 aromatic heterocycles. The molecule has 2 aromatic rings. The number of fused-ring (bicyclic) bond motifs is 1. The predicted molar refractivity (Wildman–Crippen MR) is 88.0 cm³/mol. The van der Waals surface area contributed by atoms with Crippen LogP contribution in [0.4, 0.5) is 11.5 Å². The monoisotopic (exact) mass is 281 g/mol. The van der Waals surface area contributed by atoms with Crippen LogP contribution in [-0.4, -0.2) is 17.1 Å². The molecular formula is C18H23N3. The van der Waals surface area contributed by atoms with Crippen LogP contribution in [0.5, 0.6) is 0 Å². The normalized spacial score (nSPS) is 14.3. The van der Waals surface area contributed by atoms with Crippen molar-refractivity contribution in [3.8, 4) is 0 Å². The van der Waals surface area contributed by atoms with Crippen LogP contribution in [-0.2, 0) is 13.0 Å². The summed E-state index contributed by atoms with van der Waals surface area (Å²) in [5.41, 5.74) is 4.07. The molecule has 3 rings (SSSR count). The van der Waals surface area contributed by atoms with E-state index in [0.29, 0.717) is 0 Å². The Hall–Kier alpha value is -1.87. The Morgan fingerprint density at radius 3 is 2.76 bits per heavy atom. The second-order valence-electron chi connectivity index (χ2n) is 6.62. The van der Waals surface area contributed by atoms with Crippen molar-refractivity contribution in [3.63, 3.8) is 0 Å². The largest absolute Gasteiger partial charge is 0.326 e. The van der Waals surface area contributed by atoms with Crippen LogP contribution in [0.15, 0.2) is 42.6 Å². The molecule has 1 N–H and O–H groups in total. The first-order valence-electron chi connectivity index (χ1n) is 7.59. The second kappa shape index (κ2) is 5.49. The lowest BCUT2D eigenvalue weighted by molar-refractivity contribution is 0.424. The third-order valence-corrected chi connectivity index (χ3v) is 3.82. The molecule has 21 heavy (non-hydrogen) atoms. The number of nitrogens with zero attached hydrogens (tertiary/aromatic N) is 2. The zero-order chi connectivity index (χ0) is 14.9. The lowest BCUT2D eigenvalue weighted by Gasteiger charge is -2.25. The van der Waals surface area contributed by atoms with E-state index in [2.05, 4.69) is 66.3 Å². The quantitative estimate of drug-likeness (QED) is 0.930. The van der Waals surface area contributed by atoms with E-state index in [1.165, 1.54) is 16.8 Å². The highest BCUT2D eigenvalue weighted by molar-refractivity contribution is 5.69. The molecule has 0 radical (unpaired) electrons. The lowest BCUT2D eigenvalue weighted by Crippen LogP contribution is -2.35. The molecule has 0 unspecified atom stereocenters. The van der Waals surface area contributed by atoms with Crippen molar-refractivity contribution in [1.29, 1.82) is 0 Å². The van der Waals surface area contributed by atoms with Crippen molar-refractivity contribution < 1.29 is 0 Å². The molecule has 0 bridgehead atoms. The van der Waals surface area contributed by atoms with Gasteiger partial charge in [0.2, 0.25) is 0 Å². The van der Waals surface area contributed by atoms with Gasteiger partial charge < -0.3 is 10.2 Å². The summed E-state index contributed by atoms with van der Waals surface area (Å²) in [5, 5.41) is 3.56. The molecule has 0 fully saturated rings. The topological polar surface area (TPSA) is 28.2 Å². The fourth-order valence-electron chi connectivity index (χ4n) is 2.73. The van der Waals surface area contributed by atoms with Crippen LogP contribution in [0.25, 0.3) is 0 Å². The highest BCUT2D eigenvalue weighted by atomic mass is 15.2. The minimum absolute atomic E-state index is 0.107. The van der Waals surface area contributed by atoms with Gasteiger partial charge in [-0.25, -0.2) is 4.98 Å². The average Bonchev–Trinajstić information content (AvgIpc) is 2.88.